The van der Waals surface area contributed by atoms with Crippen LogP contribution in [0.15, 0.2) is 93.0 Å². The number of ether oxygens (including phenoxy) is 1. The van der Waals surface area contributed by atoms with Crippen LogP contribution in [0.4, 0.5) is 17.1 Å². The molecule has 2 saturated heterocycles. The van der Waals surface area contributed by atoms with E-state index in [2.05, 4.69) is 78.6 Å². The van der Waals surface area contributed by atoms with E-state index in [-0.39, 0.29) is 11.8 Å². The largest absolute Gasteiger partial charge is 0.453 e. The maximum atomic E-state index is 12.7. The average molecular weight is 822 g/mol. The van der Waals surface area contributed by atoms with E-state index in [9.17, 15) is 9.59 Å². The second-order valence-electron chi connectivity index (χ2n) is 14.9. The molecule has 13 nitrogen and oxygen atoms in total. The second-order valence-corrected chi connectivity index (χ2v) is 17.6. The van der Waals surface area contributed by atoms with Crippen molar-refractivity contribution in [2.45, 2.75) is 13.8 Å². The topological polar surface area (TPSA) is 131 Å². The molecular formula is C43H51N9O4S2. The summed E-state index contributed by atoms with van der Waals surface area (Å²) in [6.07, 6.45) is 6.27. The van der Waals surface area contributed by atoms with Crippen LogP contribution in [0.1, 0.15) is 13.8 Å². The molecule has 2 aromatic carbocycles. The van der Waals surface area contributed by atoms with Crippen molar-refractivity contribution >= 4 is 67.3 Å². The van der Waals surface area contributed by atoms with Gasteiger partial charge in [0.25, 0.3) is 0 Å². The first-order valence-corrected chi connectivity index (χ1v) is 22.7. The fourth-order valence-corrected chi connectivity index (χ4v) is 9.33. The highest BCUT2D eigenvalue weighted by molar-refractivity contribution is 8.76. The number of nitrogens with one attached hydrogen (secondary N) is 2. The number of carbonyl (C=O) groups excluding carboxylic acids is 2. The van der Waals surface area contributed by atoms with Gasteiger partial charge < -0.3 is 29.6 Å². The molecule has 0 bridgehead atoms. The molecule has 8 rings (SSSR count). The third-order valence-electron chi connectivity index (χ3n) is 10.6. The van der Waals surface area contributed by atoms with E-state index in [0.29, 0.717) is 32.1 Å². The van der Waals surface area contributed by atoms with Gasteiger partial charge in [-0.05, 0) is 61.4 Å². The first-order valence-electron chi connectivity index (χ1n) is 20.3. The highest BCUT2D eigenvalue weighted by Gasteiger charge is 2.24. The monoisotopic (exact) mass is 821 g/mol. The maximum absolute atomic E-state index is 12.7. The van der Waals surface area contributed by atoms with Crippen LogP contribution < -0.4 is 30.5 Å². The molecule has 4 aliphatic heterocycles. The Morgan fingerprint density at radius 2 is 1.48 bits per heavy atom. The van der Waals surface area contributed by atoms with Gasteiger partial charge in [0, 0.05) is 113 Å². The number of benzene rings is 3. The molecule has 304 valence electrons. The normalized spacial score (nSPS) is 18.7. The third kappa shape index (κ3) is 10.1. The molecule has 1 atom stereocenters. The molecule has 2 aromatic rings. The minimum Gasteiger partial charge on any atom is -0.453 e. The number of aliphatic imine (C=N–C) groups is 1. The number of fused-ring (bicyclic) bond motifs is 4. The van der Waals surface area contributed by atoms with Gasteiger partial charge in [-0.2, -0.15) is 0 Å². The van der Waals surface area contributed by atoms with Crippen molar-refractivity contribution in [1.82, 2.24) is 25.4 Å². The summed E-state index contributed by atoms with van der Waals surface area (Å²) in [5.41, 5.74) is 6.33. The van der Waals surface area contributed by atoms with Gasteiger partial charge >= 0.3 is 0 Å². The number of allylic oxidation sites excluding steroid dienone is 3. The van der Waals surface area contributed by atoms with Crippen LogP contribution in [0.2, 0.25) is 0 Å². The SMILES string of the molecule is CCN=c1ccc2nc3ccc(N4CCN(CC(=O)NCCSSCCNC(=O)CN5CCN(c6ccc7c(c6)OC6=CC(C)C=CC6=N7)CC5)CC4)cc3oc-2c1. The fourth-order valence-electron chi connectivity index (χ4n) is 7.51. The van der Waals surface area contributed by atoms with Gasteiger partial charge in [-0.15, -0.1) is 0 Å². The smallest absolute Gasteiger partial charge is 0.234 e. The van der Waals surface area contributed by atoms with Gasteiger partial charge in [0.05, 0.1) is 18.4 Å². The van der Waals surface area contributed by atoms with E-state index >= 15 is 0 Å². The molecule has 6 aliphatic rings. The van der Waals surface area contributed by atoms with Crippen LogP contribution in [0.3, 0.4) is 0 Å². The molecule has 4 heterocycles. The van der Waals surface area contributed by atoms with Crippen LogP contribution in [0.5, 0.6) is 5.75 Å². The highest BCUT2D eigenvalue weighted by atomic mass is 33.1. The lowest BCUT2D eigenvalue weighted by Gasteiger charge is -2.36. The number of rotatable bonds is 14. The molecule has 2 N–H and O–H groups in total. The molecule has 58 heavy (non-hydrogen) atoms. The first kappa shape index (κ1) is 40.0. The van der Waals surface area contributed by atoms with E-state index in [0.717, 1.165) is 133 Å². The van der Waals surface area contributed by atoms with Crippen LogP contribution in [0, 0.1) is 5.92 Å². The van der Waals surface area contributed by atoms with E-state index in [1.165, 1.54) is 0 Å². The summed E-state index contributed by atoms with van der Waals surface area (Å²) in [5.74, 6) is 4.42. The Morgan fingerprint density at radius 3 is 2.16 bits per heavy atom. The van der Waals surface area contributed by atoms with Crippen molar-refractivity contribution in [3.63, 3.8) is 0 Å². The van der Waals surface area contributed by atoms with Crippen LogP contribution in [-0.2, 0) is 9.59 Å². The number of nitrogens with zero attached hydrogens (tertiary/aromatic N) is 7. The van der Waals surface area contributed by atoms with Crippen molar-refractivity contribution in [3.8, 4) is 17.2 Å². The number of hydrogen-bond donors (Lipinski definition) is 2. The van der Waals surface area contributed by atoms with Crippen molar-refractivity contribution in [3.05, 3.63) is 83.9 Å². The Bertz CT molecular complexity index is 2240. The third-order valence-corrected chi connectivity index (χ3v) is 13.0. The lowest BCUT2D eigenvalue weighted by Crippen LogP contribution is -2.49. The summed E-state index contributed by atoms with van der Waals surface area (Å²) in [4.78, 5) is 48.4. The number of piperazine rings is 2. The van der Waals surface area contributed by atoms with Crippen LogP contribution in [-0.4, -0.2) is 129 Å². The van der Waals surface area contributed by atoms with E-state index < -0.39 is 0 Å². The van der Waals surface area contributed by atoms with Crippen molar-refractivity contribution in [2.24, 2.45) is 15.9 Å². The molecule has 1 unspecified atom stereocenters. The molecule has 2 fully saturated rings. The predicted octanol–water partition coefficient (Wildman–Crippen LogP) is 4.97. The predicted molar refractivity (Wildman–Crippen MR) is 236 cm³/mol. The van der Waals surface area contributed by atoms with Crippen molar-refractivity contribution < 1.29 is 18.7 Å². The number of carbonyl (C=O) groups is 2. The second kappa shape index (κ2) is 18.8. The number of aromatic nitrogens is 1. The van der Waals surface area contributed by atoms with Gasteiger partial charge in [0.15, 0.2) is 17.1 Å². The fraction of sp³-hybridized carbons (Fsp3) is 0.419. The van der Waals surface area contributed by atoms with Crippen LogP contribution >= 0.6 is 21.6 Å². The summed E-state index contributed by atoms with van der Waals surface area (Å²) in [6, 6.07) is 18.2. The lowest BCUT2D eigenvalue weighted by molar-refractivity contribution is -0.123. The summed E-state index contributed by atoms with van der Waals surface area (Å²) < 4.78 is 12.5. The number of amides is 2. The quantitative estimate of drug-likeness (QED) is 0.102. The summed E-state index contributed by atoms with van der Waals surface area (Å²) >= 11 is 0. The van der Waals surface area contributed by atoms with Gasteiger partial charge in [-0.3, -0.25) is 24.4 Å². The molecule has 15 heteroatoms. The maximum Gasteiger partial charge on any atom is 0.234 e. The van der Waals surface area contributed by atoms with E-state index in [1.807, 2.05) is 43.3 Å². The molecular weight excluding hydrogens is 771 g/mol. The van der Waals surface area contributed by atoms with Gasteiger partial charge in [-0.1, -0.05) is 34.6 Å². The molecule has 2 aliphatic carbocycles. The van der Waals surface area contributed by atoms with Gasteiger partial charge in [0.2, 0.25) is 11.8 Å². The Kier molecular flexibility index (Phi) is 13.0. The number of hydrogen-bond acceptors (Lipinski definition) is 13. The average Bonchev–Trinajstić information content (AvgIpc) is 3.23. The zero-order valence-electron chi connectivity index (χ0n) is 33.2. The van der Waals surface area contributed by atoms with Gasteiger partial charge in [0.1, 0.15) is 28.4 Å². The Morgan fingerprint density at radius 1 is 0.828 bits per heavy atom. The first-order chi connectivity index (χ1) is 28.4. The van der Waals surface area contributed by atoms with Crippen LogP contribution in [0.25, 0.3) is 22.6 Å². The number of anilines is 2. The van der Waals surface area contributed by atoms with Crippen molar-refractivity contribution in [2.75, 3.05) is 106 Å². The molecule has 0 saturated carbocycles. The molecule has 0 radical (unpaired) electrons. The zero-order chi connectivity index (χ0) is 39.8. The standard InChI is InChI=1S/C43H51N9O4S2/c1-3-44-31-5-9-35-39(25-31)56-41-27-33(7-11-37(41)48-35)52-20-16-50(17-21-52)29-43(54)46-13-23-58-57-22-12-45-42(53)28-49-14-18-51(19-15-49)32-6-10-36-40(26-32)55-38-24-30(2)4-8-34(38)47-36/h4-11,24-27,30H,3,12-23,28-29H2,1-2H3,(H,45,53)(H,46,54). The minimum absolute atomic E-state index is 0.0541. The van der Waals surface area contributed by atoms with Gasteiger partial charge in [-0.25, -0.2) is 9.98 Å². The van der Waals surface area contributed by atoms with E-state index in [1.54, 1.807) is 21.6 Å². The Labute approximate surface area is 347 Å². The molecule has 0 aromatic heterocycles. The minimum atomic E-state index is 0.0541. The summed E-state index contributed by atoms with van der Waals surface area (Å²) in [5, 5.41) is 7.02. The lowest BCUT2D eigenvalue weighted by atomic mass is 10.0. The summed E-state index contributed by atoms with van der Waals surface area (Å²) in [7, 11) is 3.44. The van der Waals surface area contributed by atoms with Crippen molar-refractivity contribution in [1.29, 1.82) is 0 Å². The Hall–Kier alpha value is -4.83. The zero-order valence-corrected chi connectivity index (χ0v) is 34.8. The molecule has 2 amide bonds. The highest BCUT2D eigenvalue weighted by Crippen LogP contribution is 2.38. The Balaban J connectivity index is 0.665. The molecule has 0 spiro atoms. The summed E-state index contributed by atoms with van der Waals surface area (Å²) in [6.45, 7) is 13.5. The van der Waals surface area contributed by atoms with E-state index in [4.69, 9.17) is 19.1 Å².